The predicted molar refractivity (Wildman–Crippen MR) is 40.1 cm³/mol. The molecule has 3 heteroatoms. The molecular formula is C8H12O3. The summed E-state index contributed by atoms with van der Waals surface area (Å²) in [5.41, 5.74) is 0.164. The lowest BCUT2D eigenvalue weighted by Crippen LogP contribution is -2.14. The minimum absolute atomic E-state index is 0.000833. The van der Waals surface area contributed by atoms with E-state index >= 15 is 0 Å². The number of aliphatic hydroxyl groups is 2. The third-order valence-corrected chi connectivity index (χ3v) is 2.20. The molecule has 0 bridgehead atoms. The highest BCUT2D eigenvalue weighted by molar-refractivity contribution is 5.98. The predicted octanol–water partition coefficient (Wildman–Crippen LogP) is 0.788. The Labute approximate surface area is 65.3 Å². The maximum absolute atomic E-state index is 11.0. The third-order valence-electron chi connectivity index (χ3n) is 2.20. The summed E-state index contributed by atoms with van der Waals surface area (Å²) < 4.78 is 0. The van der Waals surface area contributed by atoms with Crippen molar-refractivity contribution in [2.75, 3.05) is 0 Å². The number of rotatable bonds is 1. The van der Waals surface area contributed by atoms with E-state index in [1.54, 1.807) is 0 Å². The van der Waals surface area contributed by atoms with E-state index in [-0.39, 0.29) is 17.3 Å². The smallest absolute Gasteiger partial charge is 0.164 e. The Kier molecular flexibility index (Phi) is 2.29. The number of hydrogen-bond acceptors (Lipinski definition) is 3. The first kappa shape index (κ1) is 8.27. The normalized spacial score (nSPS) is 35.1. The highest BCUT2D eigenvalue weighted by atomic mass is 16.3. The van der Waals surface area contributed by atoms with E-state index in [1.807, 2.05) is 6.92 Å². The minimum Gasteiger partial charge on any atom is -0.515 e. The molecule has 2 atom stereocenters. The molecule has 0 amide bonds. The molecule has 3 nitrogen and oxygen atoms in total. The van der Waals surface area contributed by atoms with Crippen LogP contribution in [-0.4, -0.2) is 22.1 Å². The average Bonchev–Trinajstić information content (AvgIpc) is 2.26. The lowest BCUT2D eigenvalue weighted by Gasteiger charge is -2.09. The molecule has 1 fully saturated rings. The molecule has 0 aliphatic heterocycles. The van der Waals surface area contributed by atoms with Gasteiger partial charge in [0.2, 0.25) is 0 Å². The molecule has 0 aromatic rings. The summed E-state index contributed by atoms with van der Waals surface area (Å²) in [5.74, 6) is -0.132. The van der Waals surface area contributed by atoms with Crippen LogP contribution < -0.4 is 0 Å². The molecule has 1 aliphatic carbocycles. The molecule has 2 N–H and O–H groups in total. The van der Waals surface area contributed by atoms with Crippen LogP contribution in [0.5, 0.6) is 0 Å². The van der Waals surface area contributed by atoms with Gasteiger partial charge in [0.15, 0.2) is 5.78 Å². The van der Waals surface area contributed by atoms with E-state index in [0.717, 1.165) is 12.7 Å². The Hall–Kier alpha value is -0.830. The van der Waals surface area contributed by atoms with Crippen molar-refractivity contribution in [2.24, 2.45) is 5.92 Å². The fourth-order valence-corrected chi connectivity index (χ4v) is 1.40. The van der Waals surface area contributed by atoms with Crippen LogP contribution in [0.1, 0.15) is 19.8 Å². The standard InChI is InChI=1S/C8H12O3/c1-2-5-3-7(10)6(4-9)8(5)11/h4-5,8-9,11H,2-3H2,1H3. The summed E-state index contributed by atoms with van der Waals surface area (Å²) in [5, 5.41) is 17.9. The highest BCUT2D eigenvalue weighted by Gasteiger charge is 2.35. The van der Waals surface area contributed by atoms with Gasteiger partial charge in [-0.1, -0.05) is 13.3 Å². The van der Waals surface area contributed by atoms with Crippen molar-refractivity contribution >= 4 is 5.78 Å². The monoisotopic (exact) mass is 156 g/mol. The van der Waals surface area contributed by atoms with Gasteiger partial charge in [0.05, 0.1) is 17.9 Å². The third kappa shape index (κ3) is 1.28. The van der Waals surface area contributed by atoms with Crippen LogP contribution in [0.3, 0.4) is 0 Å². The Morgan fingerprint density at radius 1 is 1.73 bits per heavy atom. The van der Waals surface area contributed by atoms with Crippen molar-refractivity contribution < 1.29 is 15.0 Å². The van der Waals surface area contributed by atoms with E-state index in [1.165, 1.54) is 0 Å². The maximum Gasteiger partial charge on any atom is 0.164 e. The zero-order chi connectivity index (χ0) is 8.43. The van der Waals surface area contributed by atoms with Crippen LogP contribution in [0.2, 0.25) is 0 Å². The van der Waals surface area contributed by atoms with E-state index < -0.39 is 6.10 Å². The topological polar surface area (TPSA) is 57.5 Å². The second-order valence-corrected chi connectivity index (χ2v) is 2.82. The number of hydrogen-bond donors (Lipinski definition) is 2. The van der Waals surface area contributed by atoms with Gasteiger partial charge in [0.1, 0.15) is 0 Å². The molecule has 2 unspecified atom stereocenters. The first-order chi connectivity index (χ1) is 5.20. The molecule has 0 spiro atoms. The second-order valence-electron chi connectivity index (χ2n) is 2.82. The lowest BCUT2D eigenvalue weighted by molar-refractivity contribution is -0.115. The summed E-state index contributed by atoms with van der Waals surface area (Å²) in [6, 6.07) is 0. The van der Waals surface area contributed by atoms with Crippen LogP contribution in [0.4, 0.5) is 0 Å². The quantitative estimate of drug-likeness (QED) is 0.436. The summed E-state index contributed by atoms with van der Waals surface area (Å²) in [6.45, 7) is 1.92. The van der Waals surface area contributed by atoms with Gasteiger partial charge in [0, 0.05) is 6.42 Å². The Bertz CT molecular complexity index is 196. The van der Waals surface area contributed by atoms with Gasteiger partial charge in [-0.25, -0.2) is 0 Å². The molecule has 0 heterocycles. The Balaban J connectivity index is 2.79. The van der Waals surface area contributed by atoms with E-state index in [9.17, 15) is 9.90 Å². The molecule has 0 radical (unpaired) electrons. The number of Topliss-reactive ketones (excluding diaryl/α,β-unsaturated/α-hetero) is 1. The van der Waals surface area contributed by atoms with Gasteiger partial charge in [-0.2, -0.15) is 0 Å². The molecule has 0 saturated heterocycles. The van der Waals surface area contributed by atoms with Crippen LogP contribution >= 0.6 is 0 Å². The number of aliphatic hydroxyl groups excluding tert-OH is 2. The number of ketones is 1. The van der Waals surface area contributed by atoms with Gasteiger partial charge in [-0.05, 0) is 5.92 Å². The van der Waals surface area contributed by atoms with Gasteiger partial charge in [-0.15, -0.1) is 0 Å². The summed E-state index contributed by atoms with van der Waals surface area (Å²) in [6.07, 6.45) is 1.11. The molecule has 0 aromatic heterocycles. The summed E-state index contributed by atoms with van der Waals surface area (Å²) >= 11 is 0. The van der Waals surface area contributed by atoms with Crippen LogP contribution in [0.25, 0.3) is 0 Å². The zero-order valence-electron chi connectivity index (χ0n) is 6.45. The van der Waals surface area contributed by atoms with Gasteiger partial charge in [-0.3, -0.25) is 4.79 Å². The maximum atomic E-state index is 11.0. The second kappa shape index (κ2) is 3.05. The Morgan fingerprint density at radius 2 is 2.36 bits per heavy atom. The minimum atomic E-state index is -0.752. The molecule has 1 rings (SSSR count). The van der Waals surface area contributed by atoms with Crippen molar-refractivity contribution in [3.63, 3.8) is 0 Å². The van der Waals surface area contributed by atoms with Gasteiger partial charge in [0.25, 0.3) is 0 Å². The summed E-state index contributed by atoms with van der Waals surface area (Å²) in [4.78, 5) is 11.0. The molecule has 11 heavy (non-hydrogen) atoms. The number of carbonyl (C=O) groups is 1. The van der Waals surface area contributed by atoms with Crippen molar-refractivity contribution in [3.05, 3.63) is 11.8 Å². The SMILES string of the molecule is CCC1CC(=O)C(=CO)C1O. The van der Waals surface area contributed by atoms with E-state index in [0.29, 0.717) is 6.42 Å². The largest absolute Gasteiger partial charge is 0.515 e. The van der Waals surface area contributed by atoms with Crippen molar-refractivity contribution in [1.29, 1.82) is 0 Å². The van der Waals surface area contributed by atoms with Crippen molar-refractivity contribution in [1.82, 2.24) is 0 Å². The molecular weight excluding hydrogens is 144 g/mol. The highest BCUT2D eigenvalue weighted by Crippen LogP contribution is 2.29. The zero-order valence-corrected chi connectivity index (χ0v) is 6.45. The first-order valence-electron chi connectivity index (χ1n) is 3.76. The fourth-order valence-electron chi connectivity index (χ4n) is 1.40. The van der Waals surface area contributed by atoms with Gasteiger partial charge >= 0.3 is 0 Å². The summed E-state index contributed by atoms with van der Waals surface area (Å²) in [7, 11) is 0. The van der Waals surface area contributed by atoms with Crippen LogP contribution in [0, 0.1) is 5.92 Å². The van der Waals surface area contributed by atoms with Crippen molar-refractivity contribution in [2.45, 2.75) is 25.9 Å². The molecule has 62 valence electrons. The van der Waals surface area contributed by atoms with Crippen molar-refractivity contribution in [3.8, 4) is 0 Å². The van der Waals surface area contributed by atoms with Crippen LogP contribution in [-0.2, 0) is 4.79 Å². The molecule has 1 saturated carbocycles. The van der Waals surface area contributed by atoms with E-state index in [4.69, 9.17) is 5.11 Å². The lowest BCUT2D eigenvalue weighted by atomic mass is 10.0. The first-order valence-corrected chi connectivity index (χ1v) is 3.76. The van der Waals surface area contributed by atoms with Gasteiger partial charge < -0.3 is 10.2 Å². The average molecular weight is 156 g/mol. The van der Waals surface area contributed by atoms with E-state index in [2.05, 4.69) is 0 Å². The fraction of sp³-hybridized carbons (Fsp3) is 0.625. The molecule has 0 aromatic carbocycles. The molecule has 1 aliphatic rings. The Morgan fingerprint density at radius 3 is 2.64 bits per heavy atom. The number of carbonyl (C=O) groups excluding carboxylic acids is 1. The van der Waals surface area contributed by atoms with Crippen LogP contribution in [0.15, 0.2) is 11.8 Å².